The SMILES string of the molecule is CCCNc1ncnc(Nc2ccc(CCC)cc2)c1C. The fourth-order valence-electron chi connectivity index (χ4n) is 2.18. The largest absolute Gasteiger partial charge is 0.370 e. The van der Waals surface area contributed by atoms with Crippen LogP contribution in [0, 0.1) is 6.92 Å². The van der Waals surface area contributed by atoms with Crippen molar-refractivity contribution in [3.05, 3.63) is 41.7 Å². The zero-order valence-corrected chi connectivity index (χ0v) is 13.1. The standard InChI is InChI=1S/C17H24N4/c1-4-6-14-7-9-15(10-8-14)21-17-13(3)16(18-11-5-2)19-12-20-17/h7-10,12H,4-6,11H2,1-3H3,(H2,18,19,20,21). The molecule has 0 aliphatic carbocycles. The van der Waals surface area contributed by atoms with Crippen LogP contribution < -0.4 is 10.6 Å². The Morgan fingerprint density at radius 2 is 1.67 bits per heavy atom. The van der Waals surface area contributed by atoms with Crippen LogP contribution in [0.2, 0.25) is 0 Å². The van der Waals surface area contributed by atoms with E-state index in [0.717, 1.165) is 42.3 Å². The second kappa shape index (κ2) is 7.62. The van der Waals surface area contributed by atoms with Crippen LogP contribution >= 0.6 is 0 Å². The lowest BCUT2D eigenvalue weighted by Gasteiger charge is -2.12. The van der Waals surface area contributed by atoms with Crippen LogP contribution in [0.4, 0.5) is 17.3 Å². The van der Waals surface area contributed by atoms with E-state index in [4.69, 9.17) is 0 Å². The van der Waals surface area contributed by atoms with E-state index in [1.54, 1.807) is 6.33 Å². The van der Waals surface area contributed by atoms with Gasteiger partial charge in [-0.05, 0) is 37.5 Å². The molecular weight excluding hydrogens is 260 g/mol. The third-order valence-corrected chi connectivity index (χ3v) is 3.38. The molecular formula is C17H24N4. The summed E-state index contributed by atoms with van der Waals surface area (Å²) in [7, 11) is 0. The quantitative estimate of drug-likeness (QED) is 0.795. The van der Waals surface area contributed by atoms with E-state index >= 15 is 0 Å². The van der Waals surface area contributed by atoms with Gasteiger partial charge >= 0.3 is 0 Å². The molecule has 0 aliphatic rings. The van der Waals surface area contributed by atoms with Crippen molar-refractivity contribution >= 4 is 17.3 Å². The highest BCUT2D eigenvalue weighted by Gasteiger charge is 2.06. The van der Waals surface area contributed by atoms with Crippen LogP contribution in [0.5, 0.6) is 0 Å². The van der Waals surface area contributed by atoms with Gasteiger partial charge in [0, 0.05) is 17.8 Å². The minimum absolute atomic E-state index is 0.854. The molecule has 0 bridgehead atoms. The van der Waals surface area contributed by atoms with Crippen molar-refractivity contribution < 1.29 is 0 Å². The van der Waals surface area contributed by atoms with Gasteiger partial charge in [0.25, 0.3) is 0 Å². The predicted octanol–water partition coefficient (Wildman–Crippen LogP) is 4.30. The molecule has 0 amide bonds. The van der Waals surface area contributed by atoms with E-state index in [0.29, 0.717) is 0 Å². The Morgan fingerprint density at radius 1 is 0.952 bits per heavy atom. The van der Waals surface area contributed by atoms with Gasteiger partial charge in [0.2, 0.25) is 0 Å². The number of rotatable bonds is 7. The summed E-state index contributed by atoms with van der Waals surface area (Å²) in [5, 5.41) is 6.69. The Bertz CT molecular complexity index is 564. The first-order valence-corrected chi connectivity index (χ1v) is 7.66. The highest BCUT2D eigenvalue weighted by atomic mass is 15.1. The van der Waals surface area contributed by atoms with Crippen molar-refractivity contribution in [2.45, 2.75) is 40.0 Å². The van der Waals surface area contributed by atoms with Gasteiger partial charge in [-0.15, -0.1) is 0 Å². The molecule has 0 fully saturated rings. The molecule has 1 heterocycles. The maximum atomic E-state index is 4.34. The first-order chi connectivity index (χ1) is 10.2. The fourth-order valence-corrected chi connectivity index (χ4v) is 2.18. The molecule has 0 radical (unpaired) electrons. The summed E-state index contributed by atoms with van der Waals surface area (Å²) in [5.41, 5.74) is 3.47. The second-order valence-corrected chi connectivity index (χ2v) is 5.19. The van der Waals surface area contributed by atoms with E-state index in [1.165, 1.54) is 12.0 Å². The number of nitrogens with zero attached hydrogens (tertiary/aromatic N) is 2. The summed E-state index contributed by atoms with van der Waals surface area (Å²) in [4.78, 5) is 8.63. The van der Waals surface area contributed by atoms with Crippen LogP contribution in [0.1, 0.15) is 37.8 Å². The Labute approximate surface area is 127 Å². The van der Waals surface area contributed by atoms with Crippen LogP contribution in [-0.4, -0.2) is 16.5 Å². The van der Waals surface area contributed by atoms with Crippen molar-refractivity contribution in [1.82, 2.24) is 9.97 Å². The summed E-state index contributed by atoms with van der Waals surface area (Å²) < 4.78 is 0. The Balaban J connectivity index is 2.11. The minimum Gasteiger partial charge on any atom is -0.370 e. The molecule has 2 N–H and O–H groups in total. The van der Waals surface area contributed by atoms with E-state index in [9.17, 15) is 0 Å². The van der Waals surface area contributed by atoms with Gasteiger partial charge in [-0.3, -0.25) is 0 Å². The number of benzene rings is 1. The molecule has 0 atom stereocenters. The number of aryl methyl sites for hydroxylation is 1. The molecule has 0 spiro atoms. The van der Waals surface area contributed by atoms with E-state index in [2.05, 4.69) is 58.7 Å². The molecule has 2 aromatic rings. The predicted molar refractivity (Wildman–Crippen MR) is 89.3 cm³/mol. The third-order valence-electron chi connectivity index (χ3n) is 3.38. The molecule has 0 unspecified atom stereocenters. The Kier molecular flexibility index (Phi) is 5.55. The van der Waals surface area contributed by atoms with Crippen LogP contribution in [0.25, 0.3) is 0 Å². The molecule has 21 heavy (non-hydrogen) atoms. The first kappa shape index (κ1) is 15.3. The maximum absolute atomic E-state index is 4.34. The number of aromatic nitrogens is 2. The first-order valence-electron chi connectivity index (χ1n) is 7.66. The van der Waals surface area contributed by atoms with Crippen molar-refractivity contribution in [2.24, 2.45) is 0 Å². The summed E-state index contributed by atoms with van der Waals surface area (Å²) in [6, 6.07) is 8.54. The lowest BCUT2D eigenvalue weighted by atomic mass is 10.1. The van der Waals surface area contributed by atoms with Gasteiger partial charge in [-0.1, -0.05) is 32.4 Å². The summed E-state index contributed by atoms with van der Waals surface area (Å²) in [6.45, 7) is 7.29. The zero-order valence-electron chi connectivity index (χ0n) is 13.1. The second-order valence-electron chi connectivity index (χ2n) is 5.19. The molecule has 0 saturated heterocycles. The molecule has 1 aromatic heterocycles. The van der Waals surface area contributed by atoms with Crippen LogP contribution in [-0.2, 0) is 6.42 Å². The number of hydrogen-bond donors (Lipinski definition) is 2. The number of hydrogen-bond acceptors (Lipinski definition) is 4. The van der Waals surface area contributed by atoms with Gasteiger partial charge in [-0.25, -0.2) is 9.97 Å². The third kappa shape index (κ3) is 4.18. The highest BCUT2D eigenvalue weighted by molar-refractivity contribution is 5.64. The molecule has 0 saturated carbocycles. The zero-order chi connectivity index (χ0) is 15.1. The van der Waals surface area contributed by atoms with Crippen LogP contribution in [0.15, 0.2) is 30.6 Å². The number of nitrogens with one attached hydrogen (secondary N) is 2. The topological polar surface area (TPSA) is 49.8 Å². The van der Waals surface area contributed by atoms with Gasteiger partial charge in [0.05, 0.1) is 0 Å². The summed E-state index contributed by atoms with van der Waals surface area (Å²) >= 11 is 0. The average molecular weight is 284 g/mol. The maximum Gasteiger partial charge on any atom is 0.138 e. The van der Waals surface area contributed by atoms with Crippen molar-refractivity contribution in [1.29, 1.82) is 0 Å². The number of anilines is 3. The molecule has 1 aromatic carbocycles. The smallest absolute Gasteiger partial charge is 0.138 e. The summed E-state index contributed by atoms with van der Waals surface area (Å²) in [6.07, 6.45) is 4.96. The molecule has 4 nitrogen and oxygen atoms in total. The summed E-state index contributed by atoms with van der Waals surface area (Å²) in [5.74, 6) is 1.75. The minimum atomic E-state index is 0.854. The molecule has 0 aliphatic heterocycles. The Hall–Kier alpha value is -2.10. The van der Waals surface area contributed by atoms with Gasteiger partial charge in [-0.2, -0.15) is 0 Å². The monoisotopic (exact) mass is 284 g/mol. The molecule has 2 rings (SSSR count). The van der Waals surface area contributed by atoms with E-state index in [-0.39, 0.29) is 0 Å². The fraction of sp³-hybridized carbons (Fsp3) is 0.412. The Morgan fingerprint density at radius 3 is 2.33 bits per heavy atom. The molecule has 112 valence electrons. The average Bonchev–Trinajstić information content (AvgIpc) is 2.50. The van der Waals surface area contributed by atoms with Crippen molar-refractivity contribution in [3.63, 3.8) is 0 Å². The lowest BCUT2D eigenvalue weighted by molar-refractivity contribution is 0.922. The van der Waals surface area contributed by atoms with Crippen molar-refractivity contribution in [2.75, 3.05) is 17.2 Å². The lowest BCUT2D eigenvalue weighted by Crippen LogP contribution is -2.06. The highest BCUT2D eigenvalue weighted by Crippen LogP contribution is 2.22. The molecule has 4 heteroatoms. The van der Waals surface area contributed by atoms with Crippen molar-refractivity contribution in [3.8, 4) is 0 Å². The van der Waals surface area contributed by atoms with E-state index in [1.807, 2.05) is 6.92 Å². The van der Waals surface area contributed by atoms with Crippen LogP contribution in [0.3, 0.4) is 0 Å². The van der Waals surface area contributed by atoms with Gasteiger partial charge in [0.1, 0.15) is 18.0 Å². The van der Waals surface area contributed by atoms with E-state index < -0.39 is 0 Å². The van der Waals surface area contributed by atoms with Gasteiger partial charge < -0.3 is 10.6 Å². The normalized spacial score (nSPS) is 10.4. The van der Waals surface area contributed by atoms with Gasteiger partial charge in [0.15, 0.2) is 0 Å².